The van der Waals surface area contributed by atoms with Gasteiger partial charge in [0.25, 0.3) is 0 Å². The predicted octanol–water partition coefficient (Wildman–Crippen LogP) is 1.74. The molecule has 1 aromatic rings. The number of hydrogen-bond acceptors (Lipinski definition) is 3. The summed E-state index contributed by atoms with van der Waals surface area (Å²) < 4.78 is 0. The van der Waals surface area contributed by atoms with E-state index in [9.17, 15) is 0 Å². The third-order valence-corrected chi connectivity index (χ3v) is 3.45. The van der Waals surface area contributed by atoms with Crippen LogP contribution in [0.1, 0.15) is 24.0 Å². The van der Waals surface area contributed by atoms with Crippen LogP contribution < -0.4 is 5.32 Å². The Hall–Kier alpha value is -1.37. The van der Waals surface area contributed by atoms with Crippen LogP contribution in [-0.2, 0) is 6.54 Å². The normalized spacial score (nSPS) is 20.2. The van der Waals surface area contributed by atoms with Gasteiger partial charge in [-0.2, -0.15) is 5.26 Å². The van der Waals surface area contributed by atoms with Gasteiger partial charge in [-0.15, -0.1) is 0 Å². The second-order valence-electron chi connectivity index (χ2n) is 4.68. The first-order chi connectivity index (χ1) is 8.31. The minimum atomic E-state index is 0.593. The third-order valence-electron chi connectivity index (χ3n) is 3.45. The van der Waals surface area contributed by atoms with E-state index in [0.29, 0.717) is 6.04 Å². The van der Waals surface area contributed by atoms with E-state index in [1.807, 2.05) is 24.3 Å². The average molecular weight is 229 g/mol. The van der Waals surface area contributed by atoms with Crippen molar-refractivity contribution in [1.29, 1.82) is 5.26 Å². The highest BCUT2D eigenvalue weighted by molar-refractivity contribution is 5.37. The first kappa shape index (κ1) is 12.1. The zero-order valence-corrected chi connectivity index (χ0v) is 10.3. The van der Waals surface area contributed by atoms with Gasteiger partial charge in [-0.1, -0.05) is 18.2 Å². The minimum Gasteiger partial charge on any atom is -0.315 e. The van der Waals surface area contributed by atoms with Crippen LogP contribution in [0.3, 0.4) is 0 Å². The lowest BCUT2D eigenvalue weighted by Gasteiger charge is -2.31. The van der Waals surface area contributed by atoms with Crippen molar-refractivity contribution in [3.63, 3.8) is 0 Å². The number of benzene rings is 1. The van der Waals surface area contributed by atoms with E-state index >= 15 is 0 Å². The molecular weight excluding hydrogens is 210 g/mol. The van der Waals surface area contributed by atoms with Crippen molar-refractivity contribution in [2.75, 3.05) is 20.1 Å². The number of nitrogens with one attached hydrogen (secondary N) is 1. The Kier molecular flexibility index (Phi) is 4.13. The topological polar surface area (TPSA) is 39.1 Å². The third kappa shape index (κ3) is 3.06. The van der Waals surface area contributed by atoms with Gasteiger partial charge in [0, 0.05) is 19.1 Å². The zero-order chi connectivity index (χ0) is 12.1. The van der Waals surface area contributed by atoms with Gasteiger partial charge in [0.2, 0.25) is 0 Å². The Labute approximate surface area is 103 Å². The van der Waals surface area contributed by atoms with Gasteiger partial charge in [-0.25, -0.2) is 0 Å². The number of nitrogens with zero attached hydrogens (tertiary/aromatic N) is 2. The van der Waals surface area contributed by atoms with Crippen LogP contribution in [0.4, 0.5) is 0 Å². The zero-order valence-electron chi connectivity index (χ0n) is 10.3. The largest absolute Gasteiger partial charge is 0.315 e. The highest BCUT2D eigenvalue weighted by Gasteiger charge is 2.18. The summed E-state index contributed by atoms with van der Waals surface area (Å²) in [5, 5.41) is 12.5. The van der Waals surface area contributed by atoms with Crippen molar-refractivity contribution in [3.05, 3.63) is 35.4 Å². The van der Waals surface area contributed by atoms with E-state index in [4.69, 9.17) is 5.26 Å². The second kappa shape index (κ2) is 5.81. The Balaban J connectivity index is 2.02. The van der Waals surface area contributed by atoms with Crippen LogP contribution in [-0.4, -0.2) is 31.1 Å². The molecule has 1 fully saturated rings. The maximum atomic E-state index is 9.06. The summed E-state index contributed by atoms with van der Waals surface area (Å²) >= 11 is 0. The van der Waals surface area contributed by atoms with Gasteiger partial charge in [0.05, 0.1) is 11.6 Å². The van der Waals surface area contributed by atoms with Crippen LogP contribution in [0.2, 0.25) is 0 Å². The van der Waals surface area contributed by atoms with Crippen LogP contribution in [0.5, 0.6) is 0 Å². The maximum Gasteiger partial charge on any atom is 0.0995 e. The Morgan fingerprint density at radius 3 is 3.00 bits per heavy atom. The summed E-state index contributed by atoms with van der Waals surface area (Å²) in [5.74, 6) is 0. The molecule has 0 aliphatic carbocycles. The molecule has 1 heterocycles. The lowest BCUT2D eigenvalue weighted by Crippen LogP contribution is -2.43. The predicted molar refractivity (Wildman–Crippen MR) is 68.5 cm³/mol. The molecule has 0 bridgehead atoms. The van der Waals surface area contributed by atoms with Crippen LogP contribution in [0, 0.1) is 11.3 Å². The summed E-state index contributed by atoms with van der Waals surface area (Å²) in [6.07, 6.45) is 2.49. The maximum absolute atomic E-state index is 9.06. The molecule has 0 unspecified atom stereocenters. The highest BCUT2D eigenvalue weighted by Crippen LogP contribution is 2.14. The van der Waals surface area contributed by atoms with Crippen molar-refractivity contribution in [2.24, 2.45) is 0 Å². The van der Waals surface area contributed by atoms with Crippen LogP contribution >= 0.6 is 0 Å². The smallest absolute Gasteiger partial charge is 0.0995 e. The van der Waals surface area contributed by atoms with Gasteiger partial charge in [0.15, 0.2) is 0 Å². The minimum absolute atomic E-state index is 0.593. The number of hydrogen-bond donors (Lipinski definition) is 1. The summed E-state index contributed by atoms with van der Waals surface area (Å²) in [6, 6.07) is 10.7. The second-order valence-corrected chi connectivity index (χ2v) is 4.68. The van der Waals surface area contributed by atoms with Gasteiger partial charge in [-0.3, -0.25) is 4.90 Å². The van der Waals surface area contributed by atoms with E-state index in [2.05, 4.69) is 23.3 Å². The van der Waals surface area contributed by atoms with Crippen molar-refractivity contribution in [3.8, 4) is 6.07 Å². The molecule has 0 saturated carbocycles. The summed E-state index contributed by atoms with van der Waals surface area (Å²) in [6.45, 7) is 3.06. The fraction of sp³-hybridized carbons (Fsp3) is 0.500. The molecule has 1 N–H and O–H groups in total. The number of rotatable bonds is 3. The number of piperidine rings is 1. The molecule has 0 amide bonds. The van der Waals surface area contributed by atoms with E-state index in [0.717, 1.165) is 30.8 Å². The van der Waals surface area contributed by atoms with Gasteiger partial charge < -0.3 is 5.32 Å². The molecule has 1 saturated heterocycles. The molecule has 3 heteroatoms. The van der Waals surface area contributed by atoms with Crippen molar-refractivity contribution >= 4 is 0 Å². The molecule has 17 heavy (non-hydrogen) atoms. The molecule has 1 atom stereocenters. The molecule has 90 valence electrons. The molecule has 0 spiro atoms. The Morgan fingerprint density at radius 2 is 2.29 bits per heavy atom. The van der Waals surface area contributed by atoms with Gasteiger partial charge >= 0.3 is 0 Å². The monoisotopic (exact) mass is 229 g/mol. The lowest BCUT2D eigenvalue weighted by atomic mass is 10.0. The van der Waals surface area contributed by atoms with Crippen molar-refractivity contribution in [1.82, 2.24) is 10.2 Å². The van der Waals surface area contributed by atoms with Crippen LogP contribution in [0.15, 0.2) is 24.3 Å². The quantitative estimate of drug-likeness (QED) is 0.858. The van der Waals surface area contributed by atoms with E-state index in [-0.39, 0.29) is 0 Å². The molecule has 1 aliphatic heterocycles. The first-order valence-corrected chi connectivity index (χ1v) is 6.20. The fourth-order valence-corrected chi connectivity index (χ4v) is 2.37. The molecule has 1 aliphatic rings. The highest BCUT2D eigenvalue weighted by atomic mass is 15.2. The van der Waals surface area contributed by atoms with Gasteiger partial charge in [0.1, 0.15) is 0 Å². The SMILES string of the molecule is CN(Cc1ccccc1C#N)[C@H]1CCCNC1. The molecule has 3 nitrogen and oxygen atoms in total. The van der Waals surface area contributed by atoms with Crippen molar-refractivity contribution < 1.29 is 0 Å². The first-order valence-electron chi connectivity index (χ1n) is 6.20. The number of nitriles is 1. The fourth-order valence-electron chi connectivity index (χ4n) is 2.37. The summed E-state index contributed by atoms with van der Waals surface area (Å²) in [5.41, 5.74) is 1.92. The lowest BCUT2D eigenvalue weighted by molar-refractivity contribution is 0.196. The van der Waals surface area contributed by atoms with E-state index in [1.54, 1.807) is 0 Å². The van der Waals surface area contributed by atoms with E-state index in [1.165, 1.54) is 12.8 Å². The standard InChI is InChI=1S/C14H19N3/c1-17(14-7-4-8-16-10-14)11-13-6-3-2-5-12(13)9-15/h2-3,5-6,14,16H,4,7-8,10-11H2,1H3/t14-/m0/s1. The van der Waals surface area contributed by atoms with E-state index < -0.39 is 0 Å². The molecular formula is C14H19N3. The molecule has 2 rings (SSSR count). The Morgan fingerprint density at radius 1 is 1.47 bits per heavy atom. The molecule has 0 radical (unpaired) electrons. The number of likely N-dealkylation sites (N-methyl/N-ethyl adjacent to an activating group) is 1. The average Bonchev–Trinajstić information content (AvgIpc) is 2.40. The molecule has 0 aromatic heterocycles. The van der Waals surface area contributed by atoms with Crippen LogP contribution in [0.25, 0.3) is 0 Å². The molecule has 1 aromatic carbocycles. The van der Waals surface area contributed by atoms with Gasteiger partial charge in [-0.05, 0) is 38.1 Å². The summed E-state index contributed by atoms with van der Waals surface area (Å²) in [4.78, 5) is 2.35. The van der Waals surface area contributed by atoms with Crippen molar-refractivity contribution in [2.45, 2.75) is 25.4 Å². The summed E-state index contributed by atoms with van der Waals surface area (Å²) in [7, 11) is 2.14. The Bertz CT molecular complexity index is 402.